The minimum absolute atomic E-state index is 0.0793. The van der Waals surface area contributed by atoms with Crippen LogP contribution in [0.3, 0.4) is 0 Å². The number of hydrogen-bond acceptors (Lipinski definition) is 6. The first kappa shape index (κ1) is 17.9. The number of hydrogen-bond donors (Lipinski definition) is 0. The highest BCUT2D eigenvalue weighted by molar-refractivity contribution is 6.32. The fourth-order valence-corrected chi connectivity index (χ4v) is 3.87. The van der Waals surface area contributed by atoms with Gasteiger partial charge in [0.05, 0.1) is 21.6 Å². The van der Waals surface area contributed by atoms with Crippen LogP contribution in [0.15, 0.2) is 27.8 Å². The van der Waals surface area contributed by atoms with E-state index in [1.807, 2.05) is 13.8 Å². The third-order valence-electron chi connectivity index (χ3n) is 5.58. The average molecular weight is 409 g/mol. The van der Waals surface area contributed by atoms with Gasteiger partial charge < -0.3 is 9.09 Å². The Morgan fingerprint density at radius 1 is 1.31 bits per heavy atom. The molecule has 3 aromatic heterocycles. The molecule has 5 rings (SSSR count). The van der Waals surface area contributed by atoms with Crippen molar-refractivity contribution in [2.24, 2.45) is 0 Å². The van der Waals surface area contributed by atoms with Crippen LogP contribution < -0.4 is 5.56 Å². The van der Waals surface area contributed by atoms with E-state index in [-0.39, 0.29) is 28.4 Å². The molecule has 3 heterocycles. The van der Waals surface area contributed by atoms with Gasteiger partial charge in [-0.1, -0.05) is 23.7 Å². The van der Waals surface area contributed by atoms with Gasteiger partial charge >= 0.3 is 0 Å². The van der Waals surface area contributed by atoms with Crippen molar-refractivity contribution < 1.29 is 4.52 Å². The van der Waals surface area contributed by atoms with E-state index in [0.29, 0.717) is 33.2 Å². The van der Waals surface area contributed by atoms with Gasteiger partial charge in [-0.25, -0.2) is 4.98 Å². The molecule has 1 aliphatic carbocycles. The first-order chi connectivity index (χ1) is 13.9. The third-order valence-corrected chi connectivity index (χ3v) is 5.89. The first-order valence-electron chi connectivity index (χ1n) is 9.34. The minimum atomic E-state index is -0.289. The number of benzene rings is 1. The number of fused-ring (bicyclic) bond motifs is 3. The van der Waals surface area contributed by atoms with Gasteiger partial charge in [-0.05, 0) is 38.8 Å². The zero-order valence-corrected chi connectivity index (χ0v) is 16.9. The highest BCUT2D eigenvalue weighted by Gasteiger charge is 2.44. The smallest absolute Gasteiger partial charge is 0.278 e. The molecule has 1 aromatic carbocycles. The number of halogens is 1. The standard InChI is InChI=1S/C20H17ClN6O2/c1-10(2)27-15-11(8-22)12(21)4-5-13(15)26-9-23-14(16(26)18(27)28)17-24-19(29-25-17)20(3)6-7-20/h4-5,9-10H,6-7H2,1-3H3. The van der Waals surface area contributed by atoms with Crippen molar-refractivity contribution in [1.82, 2.24) is 24.1 Å². The van der Waals surface area contributed by atoms with Crippen molar-refractivity contribution >= 4 is 28.2 Å². The zero-order chi connectivity index (χ0) is 20.5. The fourth-order valence-electron chi connectivity index (χ4n) is 3.67. The molecule has 29 heavy (non-hydrogen) atoms. The molecule has 1 aliphatic rings. The highest BCUT2D eigenvalue weighted by Crippen LogP contribution is 2.47. The molecule has 0 aliphatic heterocycles. The summed E-state index contributed by atoms with van der Waals surface area (Å²) in [6.45, 7) is 5.84. The molecule has 0 unspecified atom stereocenters. The van der Waals surface area contributed by atoms with E-state index in [1.165, 1.54) is 0 Å². The topological polar surface area (TPSA) is 102 Å². The van der Waals surface area contributed by atoms with Gasteiger partial charge in [-0.2, -0.15) is 10.2 Å². The van der Waals surface area contributed by atoms with Crippen LogP contribution in [0, 0.1) is 11.3 Å². The number of aromatic nitrogens is 5. The van der Waals surface area contributed by atoms with E-state index in [2.05, 4.69) is 28.1 Å². The lowest BCUT2D eigenvalue weighted by Crippen LogP contribution is -2.25. The largest absolute Gasteiger partial charge is 0.338 e. The van der Waals surface area contributed by atoms with Crippen LogP contribution in [0.4, 0.5) is 0 Å². The summed E-state index contributed by atoms with van der Waals surface area (Å²) in [4.78, 5) is 22.4. The molecule has 0 N–H and O–H groups in total. The zero-order valence-electron chi connectivity index (χ0n) is 16.1. The SMILES string of the molecule is CC(C)n1c(=O)c2c(-c3noc(C4(C)CC4)n3)ncn2c2ccc(Cl)c(C#N)c21. The van der Waals surface area contributed by atoms with Crippen LogP contribution in [-0.2, 0) is 5.41 Å². The van der Waals surface area contributed by atoms with Gasteiger partial charge in [0.15, 0.2) is 0 Å². The summed E-state index contributed by atoms with van der Waals surface area (Å²) >= 11 is 6.24. The van der Waals surface area contributed by atoms with Gasteiger partial charge in [0.1, 0.15) is 23.6 Å². The molecule has 9 heteroatoms. The Labute approximate surface area is 170 Å². The lowest BCUT2D eigenvalue weighted by molar-refractivity contribution is 0.353. The summed E-state index contributed by atoms with van der Waals surface area (Å²) in [6.07, 6.45) is 3.55. The van der Waals surface area contributed by atoms with Gasteiger partial charge in [0, 0.05) is 11.5 Å². The second-order valence-corrected chi connectivity index (χ2v) is 8.37. The normalized spacial score (nSPS) is 15.3. The predicted molar refractivity (Wildman–Crippen MR) is 107 cm³/mol. The van der Waals surface area contributed by atoms with Gasteiger partial charge in [-0.3, -0.25) is 9.20 Å². The summed E-state index contributed by atoms with van der Waals surface area (Å²) in [5.41, 5.74) is 1.73. The van der Waals surface area contributed by atoms with Crippen LogP contribution in [0.2, 0.25) is 5.02 Å². The van der Waals surface area contributed by atoms with Crippen LogP contribution >= 0.6 is 11.6 Å². The second kappa shape index (κ2) is 5.91. The van der Waals surface area contributed by atoms with Gasteiger partial charge in [0.25, 0.3) is 5.56 Å². The van der Waals surface area contributed by atoms with Crippen molar-refractivity contribution in [1.29, 1.82) is 5.26 Å². The Morgan fingerprint density at radius 3 is 2.72 bits per heavy atom. The van der Waals surface area contributed by atoms with Crippen LogP contribution in [0.1, 0.15) is 51.1 Å². The maximum atomic E-state index is 13.5. The summed E-state index contributed by atoms with van der Waals surface area (Å²) in [7, 11) is 0. The molecular weight excluding hydrogens is 392 g/mol. The van der Waals surface area contributed by atoms with Crippen LogP contribution in [0.25, 0.3) is 28.1 Å². The molecule has 146 valence electrons. The fraction of sp³-hybridized carbons (Fsp3) is 0.350. The molecular formula is C20H17ClN6O2. The van der Waals surface area contributed by atoms with Crippen molar-refractivity contribution in [3.63, 3.8) is 0 Å². The van der Waals surface area contributed by atoms with Crippen molar-refractivity contribution in [3.05, 3.63) is 45.3 Å². The number of rotatable bonds is 3. The van der Waals surface area contributed by atoms with E-state index in [9.17, 15) is 10.1 Å². The second-order valence-electron chi connectivity index (χ2n) is 7.97. The highest BCUT2D eigenvalue weighted by atomic mass is 35.5. The Morgan fingerprint density at radius 2 is 2.07 bits per heavy atom. The number of nitrogens with zero attached hydrogens (tertiary/aromatic N) is 6. The predicted octanol–water partition coefficient (Wildman–Crippen LogP) is 3.86. The molecule has 0 atom stereocenters. The molecule has 1 fully saturated rings. The summed E-state index contributed by atoms with van der Waals surface area (Å²) < 4.78 is 8.68. The quantitative estimate of drug-likeness (QED) is 0.510. The third kappa shape index (κ3) is 2.44. The lowest BCUT2D eigenvalue weighted by atomic mass is 10.1. The van der Waals surface area contributed by atoms with Crippen molar-refractivity contribution in [3.8, 4) is 17.6 Å². The Bertz CT molecular complexity index is 1400. The van der Waals surface area contributed by atoms with E-state index in [4.69, 9.17) is 16.1 Å². The lowest BCUT2D eigenvalue weighted by Gasteiger charge is -2.17. The maximum Gasteiger partial charge on any atom is 0.278 e. The van der Waals surface area contributed by atoms with E-state index in [0.717, 1.165) is 12.8 Å². The number of nitriles is 1. The summed E-state index contributed by atoms with van der Waals surface area (Å²) in [5, 5.41) is 14.0. The van der Waals surface area contributed by atoms with Crippen molar-refractivity contribution in [2.75, 3.05) is 0 Å². The van der Waals surface area contributed by atoms with E-state index < -0.39 is 0 Å². The molecule has 0 bridgehead atoms. The average Bonchev–Trinajstić information content (AvgIpc) is 3.11. The van der Waals surface area contributed by atoms with Gasteiger partial charge in [-0.15, -0.1) is 0 Å². The maximum absolute atomic E-state index is 13.5. The Kier molecular flexibility index (Phi) is 3.64. The monoisotopic (exact) mass is 408 g/mol. The molecule has 0 spiro atoms. The molecule has 1 saturated carbocycles. The van der Waals surface area contributed by atoms with Crippen LogP contribution in [-0.4, -0.2) is 24.1 Å². The summed E-state index contributed by atoms with van der Waals surface area (Å²) in [5.74, 6) is 0.856. The molecule has 0 amide bonds. The Hall–Kier alpha value is -3.18. The summed E-state index contributed by atoms with van der Waals surface area (Å²) in [6, 6.07) is 5.36. The Balaban J connectivity index is 1.88. The minimum Gasteiger partial charge on any atom is -0.338 e. The van der Waals surface area contributed by atoms with E-state index in [1.54, 1.807) is 27.4 Å². The first-order valence-corrected chi connectivity index (χ1v) is 9.72. The van der Waals surface area contributed by atoms with Gasteiger partial charge in [0.2, 0.25) is 11.7 Å². The van der Waals surface area contributed by atoms with E-state index >= 15 is 0 Å². The number of imidazole rings is 1. The molecule has 4 aromatic rings. The molecule has 0 saturated heterocycles. The van der Waals surface area contributed by atoms with Crippen molar-refractivity contribution in [2.45, 2.75) is 45.1 Å². The molecule has 8 nitrogen and oxygen atoms in total. The molecule has 0 radical (unpaired) electrons. The van der Waals surface area contributed by atoms with Crippen LogP contribution in [0.5, 0.6) is 0 Å².